The molecule has 1 fully saturated rings. The van der Waals surface area contributed by atoms with Crippen LogP contribution < -0.4 is 10.1 Å². The van der Waals surface area contributed by atoms with Crippen molar-refractivity contribution in [2.75, 3.05) is 14.2 Å². The van der Waals surface area contributed by atoms with Gasteiger partial charge in [0.2, 0.25) is 0 Å². The number of fused-ring (bicyclic) bond motifs is 1. The summed E-state index contributed by atoms with van der Waals surface area (Å²) in [6.07, 6.45) is 5.89. The van der Waals surface area contributed by atoms with Crippen LogP contribution in [0, 0.1) is 0 Å². The zero-order valence-electron chi connectivity index (χ0n) is 11.8. The van der Waals surface area contributed by atoms with Crippen molar-refractivity contribution < 1.29 is 9.47 Å². The second-order valence-corrected chi connectivity index (χ2v) is 5.72. The highest BCUT2D eigenvalue weighted by Gasteiger charge is 2.48. The third-order valence-corrected chi connectivity index (χ3v) is 4.69. The standard InChI is InChI=1S/C16H23NO2/c1-17-13-11-16(10-6-5-9-15(16)18-2)19-14-8-4-3-7-12(13)14/h3-4,7-8,13,15,17H,5-6,9-11H2,1-2H3. The van der Waals surface area contributed by atoms with E-state index in [1.807, 2.05) is 14.2 Å². The summed E-state index contributed by atoms with van der Waals surface area (Å²) in [5.74, 6) is 1.03. The summed E-state index contributed by atoms with van der Waals surface area (Å²) < 4.78 is 12.2. The number of para-hydroxylation sites is 1. The Morgan fingerprint density at radius 2 is 2.16 bits per heavy atom. The van der Waals surface area contributed by atoms with E-state index in [2.05, 4.69) is 29.6 Å². The summed E-state index contributed by atoms with van der Waals surface area (Å²) in [6.45, 7) is 0. The molecule has 1 aliphatic heterocycles. The molecule has 3 nitrogen and oxygen atoms in total. The Balaban J connectivity index is 1.97. The first kappa shape index (κ1) is 12.9. The van der Waals surface area contributed by atoms with E-state index in [4.69, 9.17) is 9.47 Å². The zero-order valence-corrected chi connectivity index (χ0v) is 11.8. The lowest BCUT2D eigenvalue weighted by atomic mass is 9.75. The van der Waals surface area contributed by atoms with Gasteiger partial charge in [0.15, 0.2) is 0 Å². The minimum absolute atomic E-state index is 0.144. The number of methoxy groups -OCH3 is 1. The predicted octanol–water partition coefficient (Wildman–Crippen LogP) is 3.06. The van der Waals surface area contributed by atoms with Gasteiger partial charge in [0.25, 0.3) is 0 Å². The van der Waals surface area contributed by atoms with Crippen molar-refractivity contribution in [3.63, 3.8) is 0 Å². The van der Waals surface area contributed by atoms with Gasteiger partial charge in [-0.15, -0.1) is 0 Å². The Morgan fingerprint density at radius 3 is 2.95 bits per heavy atom. The normalized spacial score (nSPS) is 33.8. The maximum Gasteiger partial charge on any atom is 0.137 e. The summed E-state index contributed by atoms with van der Waals surface area (Å²) in [6, 6.07) is 8.74. The molecule has 3 atom stereocenters. The molecule has 1 heterocycles. The van der Waals surface area contributed by atoms with Crippen molar-refractivity contribution in [3.8, 4) is 5.75 Å². The molecule has 2 aliphatic rings. The first-order valence-corrected chi connectivity index (χ1v) is 7.27. The summed E-state index contributed by atoms with van der Waals surface area (Å²) in [5.41, 5.74) is 1.13. The zero-order chi connectivity index (χ0) is 13.3. The fraction of sp³-hybridized carbons (Fsp3) is 0.625. The van der Waals surface area contributed by atoms with Gasteiger partial charge >= 0.3 is 0 Å². The van der Waals surface area contributed by atoms with Gasteiger partial charge in [-0.3, -0.25) is 0 Å². The Kier molecular flexibility index (Phi) is 3.50. The largest absolute Gasteiger partial charge is 0.484 e. The van der Waals surface area contributed by atoms with Gasteiger partial charge in [0.1, 0.15) is 11.4 Å². The van der Waals surface area contributed by atoms with Crippen molar-refractivity contribution in [2.45, 2.75) is 49.9 Å². The van der Waals surface area contributed by atoms with Gasteiger partial charge in [0.05, 0.1) is 6.10 Å². The maximum atomic E-state index is 6.43. The number of nitrogens with one attached hydrogen (secondary N) is 1. The number of benzene rings is 1. The molecule has 1 saturated carbocycles. The lowest BCUT2D eigenvalue weighted by Crippen LogP contribution is -2.54. The van der Waals surface area contributed by atoms with Gasteiger partial charge in [-0.2, -0.15) is 0 Å². The Hall–Kier alpha value is -1.06. The van der Waals surface area contributed by atoms with Crippen LogP contribution in [0.25, 0.3) is 0 Å². The van der Waals surface area contributed by atoms with E-state index in [0.29, 0.717) is 6.04 Å². The molecule has 3 unspecified atom stereocenters. The number of hydrogen-bond acceptors (Lipinski definition) is 3. The highest BCUT2D eigenvalue weighted by atomic mass is 16.5. The lowest BCUT2D eigenvalue weighted by Gasteiger charge is -2.48. The van der Waals surface area contributed by atoms with Crippen LogP contribution in [0.4, 0.5) is 0 Å². The van der Waals surface area contributed by atoms with Crippen LogP contribution in [0.1, 0.15) is 43.7 Å². The average molecular weight is 261 g/mol. The van der Waals surface area contributed by atoms with Crippen LogP contribution in [-0.4, -0.2) is 25.9 Å². The summed E-state index contributed by atoms with van der Waals surface area (Å²) in [7, 11) is 3.85. The van der Waals surface area contributed by atoms with Gasteiger partial charge in [-0.05, 0) is 32.4 Å². The second-order valence-electron chi connectivity index (χ2n) is 5.72. The van der Waals surface area contributed by atoms with E-state index in [0.717, 1.165) is 25.0 Å². The molecular weight excluding hydrogens is 238 g/mol. The topological polar surface area (TPSA) is 30.5 Å². The SMILES string of the molecule is CNC1CC2(CCCCC2OC)Oc2ccccc21. The van der Waals surface area contributed by atoms with E-state index in [1.54, 1.807) is 0 Å². The van der Waals surface area contributed by atoms with E-state index in [1.165, 1.54) is 18.4 Å². The van der Waals surface area contributed by atoms with Crippen molar-refractivity contribution in [1.29, 1.82) is 0 Å². The first-order chi connectivity index (χ1) is 9.29. The molecule has 1 N–H and O–H groups in total. The molecule has 104 valence electrons. The molecule has 1 spiro atoms. The van der Waals surface area contributed by atoms with Crippen LogP contribution in [-0.2, 0) is 4.74 Å². The average Bonchev–Trinajstić information content (AvgIpc) is 2.47. The van der Waals surface area contributed by atoms with Crippen LogP contribution in [0.2, 0.25) is 0 Å². The van der Waals surface area contributed by atoms with Crippen molar-refractivity contribution >= 4 is 0 Å². The quantitative estimate of drug-likeness (QED) is 0.887. The van der Waals surface area contributed by atoms with Crippen LogP contribution in [0.3, 0.4) is 0 Å². The van der Waals surface area contributed by atoms with Crippen molar-refractivity contribution in [1.82, 2.24) is 5.32 Å². The predicted molar refractivity (Wildman–Crippen MR) is 75.5 cm³/mol. The van der Waals surface area contributed by atoms with Crippen LogP contribution >= 0.6 is 0 Å². The molecule has 0 amide bonds. The number of hydrogen-bond donors (Lipinski definition) is 1. The molecule has 19 heavy (non-hydrogen) atoms. The molecule has 1 aromatic carbocycles. The molecular formula is C16H23NO2. The van der Waals surface area contributed by atoms with Crippen molar-refractivity contribution in [2.24, 2.45) is 0 Å². The van der Waals surface area contributed by atoms with Crippen molar-refractivity contribution in [3.05, 3.63) is 29.8 Å². The monoisotopic (exact) mass is 261 g/mol. The smallest absolute Gasteiger partial charge is 0.137 e. The molecule has 0 radical (unpaired) electrons. The number of ether oxygens (including phenoxy) is 2. The minimum Gasteiger partial charge on any atom is -0.484 e. The number of rotatable bonds is 2. The first-order valence-electron chi connectivity index (χ1n) is 7.27. The molecule has 0 bridgehead atoms. The highest BCUT2D eigenvalue weighted by Crippen LogP contribution is 2.46. The molecule has 3 heteroatoms. The fourth-order valence-electron chi connectivity index (χ4n) is 3.70. The molecule has 1 aliphatic carbocycles. The molecule has 0 aromatic heterocycles. The highest BCUT2D eigenvalue weighted by molar-refractivity contribution is 5.39. The summed E-state index contributed by atoms with van der Waals surface area (Å²) in [5, 5.41) is 3.44. The van der Waals surface area contributed by atoms with E-state index in [-0.39, 0.29) is 11.7 Å². The molecule has 1 aromatic rings. The van der Waals surface area contributed by atoms with Gasteiger partial charge in [-0.1, -0.05) is 24.6 Å². The summed E-state index contributed by atoms with van der Waals surface area (Å²) >= 11 is 0. The van der Waals surface area contributed by atoms with Gasteiger partial charge in [-0.25, -0.2) is 0 Å². The Labute approximate surface area is 115 Å². The van der Waals surface area contributed by atoms with E-state index >= 15 is 0 Å². The molecule has 0 saturated heterocycles. The molecule has 3 rings (SSSR count). The summed E-state index contributed by atoms with van der Waals surface area (Å²) in [4.78, 5) is 0. The Morgan fingerprint density at radius 1 is 1.32 bits per heavy atom. The van der Waals surface area contributed by atoms with Gasteiger partial charge < -0.3 is 14.8 Å². The Bertz CT molecular complexity index is 448. The third kappa shape index (κ3) is 2.15. The second kappa shape index (κ2) is 5.14. The lowest BCUT2D eigenvalue weighted by molar-refractivity contribution is -0.115. The van der Waals surface area contributed by atoms with Crippen LogP contribution in [0.5, 0.6) is 5.75 Å². The van der Waals surface area contributed by atoms with E-state index in [9.17, 15) is 0 Å². The van der Waals surface area contributed by atoms with Crippen LogP contribution in [0.15, 0.2) is 24.3 Å². The third-order valence-electron chi connectivity index (χ3n) is 4.69. The minimum atomic E-state index is -0.144. The maximum absolute atomic E-state index is 6.43. The van der Waals surface area contributed by atoms with Gasteiger partial charge in [0, 0.05) is 25.1 Å². The fourth-order valence-corrected chi connectivity index (χ4v) is 3.70. The van der Waals surface area contributed by atoms with E-state index < -0.39 is 0 Å².